The van der Waals surface area contributed by atoms with Gasteiger partial charge in [0.15, 0.2) is 0 Å². The minimum atomic E-state index is -0.187. The summed E-state index contributed by atoms with van der Waals surface area (Å²) in [5, 5.41) is 1.21. The van der Waals surface area contributed by atoms with E-state index in [4.69, 9.17) is 4.74 Å². The lowest BCUT2D eigenvalue weighted by Crippen LogP contribution is -2.37. The molecule has 0 spiro atoms. The number of ether oxygens (including phenoxy) is 1. The van der Waals surface area contributed by atoms with Crippen molar-refractivity contribution in [2.75, 3.05) is 0 Å². The maximum atomic E-state index is 12.1. The highest BCUT2D eigenvalue weighted by atomic mass is 32.1. The van der Waals surface area contributed by atoms with Crippen LogP contribution in [0.1, 0.15) is 23.8 Å². The molecule has 1 saturated heterocycles. The second kappa shape index (κ2) is 5.67. The molecule has 1 aromatic heterocycles. The molecule has 2 heterocycles. The Labute approximate surface area is 139 Å². The molecule has 1 atom stereocenters. The fraction of sp³-hybridized carbons (Fsp3) is 0.150. The molecule has 0 aliphatic carbocycles. The topological polar surface area (TPSA) is 26.3 Å². The standard InChI is InChI=1S/C20H16O2S/c1-2-15-19(20(21)22-15)18(13-8-4-3-5-9-13)17-12-14-10-6-7-11-16(14)23-17/h3-12,15H,2H2,1H3/b19-18-. The highest BCUT2D eigenvalue weighted by Crippen LogP contribution is 2.40. The predicted octanol–water partition coefficient (Wildman–Crippen LogP) is 5.04. The van der Waals surface area contributed by atoms with Crippen LogP contribution < -0.4 is 0 Å². The number of benzene rings is 2. The lowest BCUT2D eigenvalue weighted by atomic mass is 9.90. The molecule has 4 rings (SSSR count). The Morgan fingerprint density at radius 2 is 1.83 bits per heavy atom. The van der Waals surface area contributed by atoms with Crippen LogP contribution in [0, 0.1) is 0 Å². The van der Waals surface area contributed by atoms with Gasteiger partial charge in [-0.2, -0.15) is 0 Å². The highest BCUT2D eigenvalue weighted by Gasteiger charge is 2.38. The van der Waals surface area contributed by atoms with Crippen LogP contribution in [0.2, 0.25) is 0 Å². The second-order valence-electron chi connectivity index (χ2n) is 5.61. The maximum Gasteiger partial charge on any atom is 0.339 e. The number of fused-ring (bicyclic) bond motifs is 1. The average Bonchev–Trinajstić information content (AvgIpc) is 3.01. The molecule has 114 valence electrons. The third-order valence-electron chi connectivity index (χ3n) is 4.17. The molecule has 0 radical (unpaired) electrons. The molecule has 23 heavy (non-hydrogen) atoms. The number of hydrogen-bond donors (Lipinski definition) is 0. The first kappa shape index (κ1) is 14.2. The Kier molecular flexibility index (Phi) is 3.50. The first-order valence-corrected chi connectivity index (χ1v) is 8.59. The van der Waals surface area contributed by atoms with Gasteiger partial charge in [-0.25, -0.2) is 4.79 Å². The van der Waals surface area contributed by atoms with Crippen LogP contribution in [0.3, 0.4) is 0 Å². The number of carbonyl (C=O) groups excluding carboxylic acids is 1. The molecular weight excluding hydrogens is 304 g/mol. The quantitative estimate of drug-likeness (QED) is 0.499. The smallest absolute Gasteiger partial charge is 0.339 e. The maximum absolute atomic E-state index is 12.1. The van der Waals surface area contributed by atoms with Crippen molar-refractivity contribution in [1.29, 1.82) is 0 Å². The van der Waals surface area contributed by atoms with Crippen LogP contribution in [0.5, 0.6) is 0 Å². The molecule has 2 nitrogen and oxygen atoms in total. The largest absolute Gasteiger partial charge is 0.454 e. The van der Waals surface area contributed by atoms with E-state index in [9.17, 15) is 4.79 Å². The Bertz CT molecular complexity index is 873. The third-order valence-corrected chi connectivity index (χ3v) is 5.30. The van der Waals surface area contributed by atoms with Gasteiger partial charge in [0.05, 0.1) is 5.57 Å². The molecule has 1 fully saturated rings. The van der Waals surface area contributed by atoms with Crippen molar-refractivity contribution in [2.45, 2.75) is 19.4 Å². The lowest BCUT2D eigenvalue weighted by Gasteiger charge is -2.30. The first-order valence-electron chi connectivity index (χ1n) is 7.77. The van der Waals surface area contributed by atoms with Crippen molar-refractivity contribution in [3.05, 3.63) is 76.7 Å². The number of rotatable bonds is 3. The molecule has 0 amide bonds. The van der Waals surface area contributed by atoms with Crippen LogP contribution in [0.15, 0.2) is 66.2 Å². The summed E-state index contributed by atoms with van der Waals surface area (Å²) in [4.78, 5) is 13.3. The van der Waals surface area contributed by atoms with Crippen LogP contribution in [0.4, 0.5) is 0 Å². The Morgan fingerprint density at radius 3 is 2.52 bits per heavy atom. The molecule has 1 unspecified atom stereocenters. The van der Waals surface area contributed by atoms with Gasteiger partial charge in [-0.1, -0.05) is 55.5 Å². The monoisotopic (exact) mass is 320 g/mol. The molecule has 1 aliphatic rings. The zero-order valence-electron chi connectivity index (χ0n) is 12.8. The number of hydrogen-bond acceptors (Lipinski definition) is 3. The second-order valence-corrected chi connectivity index (χ2v) is 6.69. The van der Waals surface area contributed by atoms with E-state index in [1.807, 2.05) is 37.3 Å². The fourth-order valence-electron chi connectivity index (χ4n) is 3.02. The van der Waals surface area contributed by atoms with Gasteiger partial charge in [-0.05, 0) is 29.5 Å². The summed E-state index contributed by atoms with van der Waals surface area (Å²) in [5.41, 5.74) is 2.91. The van der Waals surface area contributed by atoms with Crippen LogP contribution in [0.25, 0.3) is 15.7 Å². The molecule has 2 aromatic carbocycles. The number of cyclic esters (lactones) is 1. The molecule has 1 aliphatic heterocycles. The van der Waals surface area contributed by atoms with E-state index in [-0.39, 0.29) is 12.1 Å². The van der Waals surface area contributed by atoms with E-state index in [0.29, 0.717) is 0 Å². The summed E-state index contributed by atoms with van der Waals surface area (Å²) in [7, 11) is 0. The molecule has 0 saturated carbocycles. The summed E-state index contributed by atoms with van der Waals surface area (Å²) < 4.78 is 6.54. The molecule has 0 N–H and O–H groups in total. The third kappa shape index (κ3) is 2.37. The predicted molar refractivity (Wildman–Crippen MR) is 94.5 cm³/mol. The Hall–Kier alpha value is -2.39. The van der Waals surface area contributed by atoms with Gasteiger partial charge in [0.25, 0.3) is 0 Å². The minimum Gasteiger partial charge on any atom is -0.454 e. The van der Waals surface area contributed by atoms with E-state index in [2.05, 4.69) is 30.3 Å². The lowest BCUT2D eigenvalue weighted by molar-refractivity contribution is -0.155. The van der Waals surface area contributed by atoms with E-state index < -0.39 is 0 Å². The van der Waals surface area contributed by atoms with Gasteiger partial charge >= 0.3 is 5.97 Å². The minimum absolute atomic E-state index is 0.0945. The van der Waals surface area contributed by atoms with Crippen molar-refractivity contribution in [2.24, 2.45) is 0 Å². The van der Waals surface area contributed by atoms with Gasteiger partial charge in [0, 0.05) is 15.2 Å². The zero-order valence-corrected chi connectivity index (χ0v) is 13.6. The fourth-order valence-corrected chi connectivity index (χ4v) is 4.16. The van der Waals surface area contributed by atoms with Gasteiger partial charge in [-0.15, -0.1) is 11.3 Å². The van der Waals surface area contributed by atoms with E-state index in [1.165, 1.54) is 10.1 Å². The van der Waals surface area contributed by atoms with Crippen molar-refractivity contribution in [3.63, 3.8) is 0 Å². The van der Waals surface area contributed by atoms with Crippen molar-refractivity contribution in [3.8, 4) is 0 Å². The van der Waals surface area contributed by atoms with Crippen molar-refractivity contribution >= 4 is 33.0 Å². The van der Waals surface area contributed by atoms with Gasteiger partial charge in [0.1, 0.15) is 6.10 Å². The Morgan fingerprint density at radius 1 is 1.09 bits per heavy atom. The summed E-state index contributed by atoms with van der Waals surface area (Å²) in [5.74, 6) is -0.187. The van der Waals surface area contributed by atoms with Crippen LogP contribution in [-0.4, -0.2) is 12.1 Å². The van der Waals surface area contributed by atoms with E-state index in [1.54, 1.807) is 11.3 Å². The normalized spacial score (nSPS) is 19.3. The van der Waals surface area contributed by atoms with E-state index >= 15 is 0 Å². The van der Waals surface area contributed by atoms with Gasteiger partial charge in [-0.3, -0.25) is 0 Å². The summed E-state index contributed by atoms with van der Waals surface area (Å²) >= 11 is 1.73. The van der Waals surface area contributed by atoms with Crippen molar-refractivity contribution in [1.82, 2.24) is 0 Å². The molecule has 0 bridgehead atoms. The zero-order chi connectivity index (χ0) is 15.8. The number of carbonyl (C=O) groups is 1. The number of esters is 1. The summed E-state index contributed by atoms with van der Waals surface area (Å²) in [6, 6.07) is 20.6. The van der Waals surface area contributed by atoms with Crippen molar-refractivity contribution < 1.29 is 9.53 Å². The van der Waals surface area contributed by atoms with Gasteiger partial charge < -0.3 is 4.74 Å². The Balaban J connectivity index is 1.96. The molecule has 3 aromatic rings. The average molecular weight is 320 g/mol. The van der Waals surface area contributed by atoms with E-state index in [0.717, 1.165) is 28.0 Å². The number of thiophene rings is 1. The summed E-state index contributed by atoms with van der Waals surface area (Å²) in [6.07, 6.45) is 0.713. The highest BCUT2D eigenvalue weighted by molar-refractivity contribution is 7.20. The first-order chi connectivity index (χ1) is 11.3. The molecular formula is C20H16O2S. The van der Waals surface area contributed by atoms with Gasteiger partial charge in [0.2, 0.25) is 0 Å². The SMILES string of the molecule is CCC1OC(=O)/C1=C(/c1ccccc1)c1cc2ccccc2s1. The molecule has 3 heteroatoms. The summed E-state index contributed by atoms with van der Waals surface area (Å²) in [6.45, 7) is 2.05. The van der Waals surface area contributed by atoms with Crippen LogP contribution in [-0.2, 0) is 9.53 Å². The van der Waals surface area contributed by atoms with Crippen LogP contribution >= 0.6 is 11.3 Å².